The summed E-state index contributed by atoms with van der Waals surface area (Å²) in [5.74, 6) is -10.6. The molecule has 2 heterocycles. The molecule has 3 rings (SSSR count). The molecule has 0 aliphatic rings. The Labute approximate surface area is 155 Å². The number of hydrogen-bond donors (Lipinski definition) is 1. The number of para-hydroxylation sites is 1. The number of carbonyl (C=O) groups is 1. The molecule has 27 heavy (non-hydrogen) atoms. The lowest BCUT2D eigenvalue weighted by molar-refractivity contribution is -0.165. The molecule has 0 aliphatic heterocycles. The molecule has 1 aromatic carbocycles. The van der Waals surface area contributed by atoms with Crippen molar-refractivity contribution in [1.82, 2.24) is 9.97 Å². The van der Waals surface area contributed by atoms with E-state index in [2.05, 4.69) is 9.97 Å². The Kier molecular flexibility index (Phi) is 4.98. The van der Waals surface area contributed by atoms with Crippen LogP contribution in [0.1, 0.15) is 31.5 Å². The fourth-order valence-corrected chi connectivity index (χ4v) is 2.84. The van der Waals surface area contributed by atoms with E-state index in [-0.39, 0.29) is 29.1 Å². The van der Waals surface area contributed by atoms with Gasteiger partial charge in [-0.2, -0.15) is 17.6 Å². The van der Waals surface area contributed by atoms with Gasteiger partial charge in [-0.1, -0.05) is 23.7 Å². The van der Waals surface area contributed by atoms with Crippen molar-refractivity contribution in [3.8, 4) is 0 Å². The highest BCUT2D eigenvalue weighted by Gasteiger charge is 2.39. The minimum absolute atomic E-state index is 0.0820. The second-order valence-corrected chi connectivity index (χ2v) is 6.39. The molecule has 0 aliphatic carbocycles. The first-order valence-corrected chi connectivity index (χ1v) is 8.34. The Morgan fingerprint density at radius 3 is 2.48 bits per heavy atom. The number of furan rings is 1. The summed E-state index contributed by atoms with van der Waals surface area (Å²) in [7, 11) is 0. The van der Waals surface area contributed by atoms with Crippen LogP contribution in [0.2, 0.25) is 5.15 Å². The monoisotopic (exact) mass is 404 g/mol. The van der Waals surface area contributed by atoms with Gasteiger partial charge in [0.15, 0.2) is 10.7 Å². The summed E-state index contributed by atoms with van der Waals surface area (Å²) in [4.78, 5) is 17.8. The van der Waals surface area contributed by atoms with Gasteiger partial charge in [0.2, 0.25) is 5.82 Å². The van der Waals surface area contributed by atoms with Crippen molar-refractivity contribution >= 4 is 39.6 Å². The van der Waals surface area contributed by atoms with Gasteiger partial charge in [0.05, 0.1) is 0 Å². The fraction of sp³-hybridized carbons (Fsp3) is 0.353. The lowest BCUT2D eigenvalue weighted by Crippen LogP contribution is -2.28. The van der Waals surface area contributed by atoms with Crippen LogP contribution in [0.5, 0.6) is 0 Å². The van der Waals surface area contributed by atoms with Crippen LogP contribution in [0.3, 0.4) is 0 Å². The predicted molar refractivity (Wildman–Crippen MR) is 89.3 cm³/mol. The van der Waals surface area contributed by atoms with Crippen molar-refractivity contribution in [3.63, 3.8) is 0 Å². The highest BCUT2D eigenvalue weighted by Crippen LogP contribution is 2.37. The third kappa shape index (κ3) is 3.83. The maximum atomic E-state index is 14.4. The zero-order chi connectivity index (χ0) is 19.8. The smallest absolute Gasteiger partial charge is 0.374 e. The Bertz CT molecular complexity index is 1010. The topological polar surface area (TPSA) is 76.2 Å². The highest BCUT2D eigenvalue weighted by molar-refractivity contribution is 6.34. The van der Waals surface area contributed by atoms with Gasteiger partial charge >= 0.3 is 17.8 Å². The van der Waals surface area contributed by atoms with Gasteiger partial charge in [-0.3, -0.25) is 0 Å². The number of unbranched alkanes of at least 4 members (excludes halogenated alkanes) is 1. The number of carboxylic acid groups (broad SMARTS) is 1. The van der Waals surface area contributed by atoms with Crippen LogP contribution in [0.15, 0.2) is 28.7 Å². The number of carboxylic acids is 1. The molecular weight excluding hydrogens is 392 g/mol. The standard InChI is InChI=1S/C17H13ClF4N2O3/c18-13-12-11(9-5-1-2-6-10(9)27-12)23-14(24-13)16(19,20)7-3-4-8-17(21,22)15(25)26/h1-2,5-6H,3-4,7-8H2,(H,25,26). The molecule has 144 valence electrons. The molecule has 10 heteroatoms. The van der Waals surface area contributed by atoms with Crippen LogP contribution in [-0.2, 0) is 10.7 Å². The molecule has 3 aromatic rings. The van der Waals surface area contributed by atoms with E-state index >= 15 is 0 Å². The lowest BCUT2D eigenvalue weighted by Gasteiger charge is -2.16. The molecule has 0 radical (unpaired) electrons. The number of aromatic nitrogens is 2. The molecule has 0 saturated carbocycles. The van der Waals surface area contributed by atoms with Crippen LogP contribution in [0.25, 0.3) is 22.1 Å². The normalized spacial score (nSPS) is 12.8. The van der Waals surface area contributed by atoms with Crippen LogP contribution in [-0.4, -0.2) is 27.0 Å². The van der Waals surface area contributed by atoms with E-state index in [1.54, 1.807) is 24.3 Å². The van der Waals surface area contributed by atoms with Gasteiger partial charge in [0.25, 0.3) is 0 Å². The van der Waals surface area contributed by atoms with Crippen molar-refractivity contribution in [2.45, 2.75) is 37.5 Å². The van der Waals surface area contributed by atoms with E-state index in [1.807, 2.05) is 0 Å². The van der Waals surface area contributed by atoms with Gasteiger partial charge in [0, 0.05) is 18.2 Å². The van der Waals surface area contributed by atoms with Gasteiger partial charge < -0.3 is 9.52 Å². The Hall–Kier alpha value is -2.42. The molecule has 0 atom stereocenters. The zero-order valence-electron chi connectivity index (χ0n) is 13.7. The van der Waals surface area contributed by atoms with Gasteiger partial charge in [-0.15, -0.1) is 0 Å². The first kappa shape index (κ1) is 19.3. The van der Waals surface area contributed by atoms with Crippen molar-refractivity contribution < 1.29 is 31.9 Å². The average Bonchev–Trinajstić information content (AvgIpc) is 2.98. The van der Waals surface area contributed by atoms with Gasteiger partial charge in [-0.05, 0) is 25.0 Å². The zero-order valence-corrected chi connectivity index (χ0v) is 14.4. The summed E-state index contributed by atoms with van der Waals surface area (Å²) in [5, 5.41) is 8.55. The first-order chi connectivity index (χ1) is 12.6. The minimum Gasteiger partial charge on any atom is -0.477 e. The van der Waals surface area contributed by atoms with E-state index < -0.39 is 36.5 Å². The maximum Gasteiger partial charge on any atom is 0.374 e. The van der Waals surface area contributed by atoms with Crippen LogP contribution in [0, 0.1) is 0 Å². The van der Waals surface area contributed by atoms with Gasteiger partial charge in [-0.25, -0.2) is 14.8 Å². The number of halogens is 5. The number of alkyl halides is 4. The minimum atomic E-state index is -3.94. The summed E-state index contributed by atoms with van der Waals surface area (Å²) >= 11 is 5.95. The number of rotatable bonds is 7. The highest BCUT2D eigenvalue weighted by atomic mass is 35.5. The largest absolute Gasteiger partial charge is 0.477 e. The van der Waals surface area contributed by atoms with Crippen molar-refractivity contribution in [1.29, 1.82) is 0 Å². The molecule has 5 nitrogen and oxygen atoms in total. The van der Waals surface area contributed by atoms with Crippen LogP contribution in [0.4, 0.5) is 17.6 Å². The van der Waals surface area contributed by atoms with Crippen molar-refractivity contribution in [2.75, 3.05) is 0 Å². The average molecular weight is 405 g/mol. The predicted octanol–water partition coefficient (Wildman–Crippen LogP) is 5.40. The summed E-state index contributed by atoms with van der Waals surface area (Å²) in [6, 6.07) is 6.66. The Morgan fingerprint density at radius 1 is 1.11 bits per heavy atom. The number of hydrogen-bond acceptors (Lipinski definition) is 4. The molecule has 2 aromatic heterocycles. The maximum absolute atomic E-state index is 14.4. The van der Waals surface area contributed by atoms with Crippen molar-refractivity contribution in [3.05, 3.63) is 35.2 Å². The number of benzene rings is 1. The van der Waals surface area contributed by atoms with E-state index in [4.69, 9.17) is 21.1 Å². The van der Waals surface area contributed by atoms with Crippen LogP contribution >= 0.6 is 11.6 Å². The molecular formula is C17H13ClF4N2O3. The molecule has 0 amide bonds. The van der Waals surface area contributed by atoms with Crippen LogP contribution < -0.4 is 0 Å². The fourth-order valence-electron chi connectivity index (χ4n) is 2.63. The van der Waals surface area contributed by atoms with E-state index in [9.17, 15) is 22.4 Å². The molecule has 0 bridgehead atoms. The Balaban J connectivity index is 1.81. The second-order valence-electron chi connectivity index (χ2n) is 6.04. The summed E-state index contributed by atoms with van der Waals surface area (Å²) in [6.45, 7) is 0. The molecule has 0 saturated heterocycles. The third-order valence-electron chi connectivity index (χ3n) is 4.05. The number of nitrogens with zero attached hydrogens (tertiary/aromatic N) is 2. The summed E-state index contributed by atoms with van der Waals surface area (Å²) < 4.78 is 60.3. The summed E-state index contributed by atoms with van der Waals surface area (Å²) in [6.07, 6.45) is -2.56. The molecule has 1 N–H and O–H groups in total. The van der Waals surface area contributed by atoms with Gasteiger partial charge in [0.1, 0.15) is 11.1 Å². The third-order valence-corrected chi connectivity index (χ3v) is 4.31. The Morgan fingerprint density at radius 2 is 1.78 bits per heavy atom. The lowest BCUT2D eigenvalue weighted by atomic mass is 10.1. The van der Waals surface area contributed by atoms with E-state index in [1.165, 1.54) is 0 Å². The summed E-state index contributed by atoms with van der Waals surface area (Å²) in [5.41, 5.74) is 0.635. The van der Waals surface area contributed by atoms with E-state index in [0.717, 1.165) is 0 Å². The molecule has 0 unspecified atom stereocenters. The molecule has 0 fully saturated rings. The van der Waals surface area contributed by atoms with Crippen molar-refractivity contribution in [2.24, 2.45) is 0 Å². The van der Waals surface area contributed by atoms with E-state index in [0.29, 0.717) is 11.0 Å². The number of aliphatic carboxylic acids is 1. The quantitative estimate of drug-likeness (QED) is 0.324. The first-order valence-electron chi connectivity index (χ1n) is 7.96. The number of fused-ring (bicyclic) bond motifs is 3. The second kappa shape index (κ2) is 6.95. The SMILES string of the molecule is O=C(O)C(F)(F)CCCCC(F)(F)c1nc(Cl)c2oc3ccccc3c2n1. The molecule has 0 spiro atoms.